The average molecular weight is 963 g/mol. The highest BCUT2D eigenvalue weighted by atomic mass is 16.6. The summed E-state index contributed by atoms with van der Waals surface area (Å²) in [5, 5.41) is 13.6. The second-order valence-corrected chi connectivity index (χ2v) is 19.6. The molecule has 11 atom stereocenters. The van der Waals surface area contributed by atoms with E-state index in [-0.39, 0.29) is 79.0 Å². The summed E-state index contributed by atoms with van der Waals surface area (Å²) >= 11 is 0. The van der Waals surface area contributed by atoms with Crippen LogP contribution in [-0.4, -0.2) is 127 Å². The van der Waals surface area contributed by atoms with Crippen molar-refractivity contribution >= 4 is 41.3 Å². The predicted octanol–water partition coefficient (Wildman–Crippen LogP) is 9.06. The normalized spacial score (nSPS) is 18.1. The van der Waals surface area contributed by atoms with Gasteiger partial charge in [0.25, 0.3) is 0 Å². The van der Waals surface area contributed by atoms with E-state index in [4.69, 9.17) is 18.9 Å². The van der Waals surface area contributed by atoms with Gasteiger partial charge in [-0.2, -0.15) is 0 Å². The molecule has 2 aromatic rings. The number of ether oxygens (including phenoxy) is 4. The van der Waals surface area contributed by atoms with Gasteiger partial charge in [0.1, 0.15) is 18.5 Å². The molecule has 1 heterocycles. The van der Waals surface area contributed by atoms with Gasteiger partial charge in [0.2, 0.25) is 11.8 Å². The zero-order valence-electron chi connectivity index (χ0n) is 43.5. The van der Waals surface area contributed by atoms with Crippen LogP contribution < -0.4 is 5.32 Å². The highest BCUT2D eigenvalue weighted by Gasteiger charge is 2.44. The molecule has 0 aromatic heterocycles. The second kappa shape index (κ2) is 27.9. The maximum Gasteiger partial charge on any atom is 0.411 e. The van der Waals surface area contributed by atoms with Crippen molar-refractivity contribution in [1.29, 1.82) is 0 Å². The minimum atomic E-state index is -0.890. The quantitative estimate of drug-likeness (QED) is 0.0816. The summed E-state index contributed by atoms with van der Waals surface area (Å²) in [5.74, 6) is -3.01. The lowest BCUT2D eigenvalue weighted by molar-refractivity contribution is -0.149. The molecule has 0 aliphatic carbocycles. The van der Waals surface area contributed by atoms with Crippen LogP contribution in [0.25, 0.3) is 0 Å². The number of hydrogen-bond acceptors (Lipinski definition) is 11. The van der Waals surface area contributed by atoms with Gasteiger partial charge >= 0.3 is 12.2 Å². The van der Waals surface area contributed by atoms with Crippen molar-refractivity contribution in [2.75, 3.05) is 46.8 Å². The molecule has 0 radical (unpaired) electrons. The van der Waals surface area contributed by atoms with E-state index in [9.17, 15) is 33.9 Å². The fourth-order valence-electron chi connectivity index (χ4n) is 9.72. The first-order valence-electron chi connectivity index (χ1n) is 24.6. The first-order valence-corrected chi connectivity index (χ1v) is 24.6. The van der Waals surface area contributed by atoms with Crippen LogP contribution in [0.2, 0.25) is 0 Å². The van der Waals surface area contributed by atoms with E-state index >= 15 is 0 Å². The van der Waals surface area contributed by atoms with Crippen LogP contribution in [0.5, 0.6) is 0 Å². The number of likely N-dealkylation sites (N-methyl/N-ethyl adjacent to an activating group) is 2. The molecule has 3 rings (SSSR count). The molecule has 1 aliphatic heterocycles. The molecule has 1 saturated heterocycles. The number of anilines is 1. The first kappa shape index (κ1) is 58.2. The Kier molecular flexibility index (Phi) is 23.5. The number of carbonyl (C=O) groups excluding carboxylic acids is 6. The van der Waals surface area contributed by atoms with Gasteiger partial charge in [0.15, 0.2) is 5.78 Å². The molecule has 2 N–H and O–H groups in total. The Bertz CT molecular complexity index is 1980. The molecule has 384 valence electrons. The molecule has 2 unspecified atom stereocenters. The lowest BCUT2D eigenvalue weighted by Gasteiger charge is -2.41. The van der Waals surface area contributed by atoms with E-state index in [1.807, 2.05) is 85.7 Å². The standard InChI is InChI=1S/C54H82N4O11/c1-15-29-68-53(64)55-41-26-24-39(25-27-41)38(10)69-54(65)57(12)48(34(5)6)45(60)31-42(33(3)4)52(63)56(11)49(35(7)16-2)46(66-13)32-47(61)58-28-20-23-43(58)51(67-14)37(9)44(59)30-36(8)50(62)40-21-18-17-19-22-40/h15,17-19,21-22,24-27,33-38,42-43,46,48-51,62H,1,16,20,23,28-32H2,2-14H3,(H,55,64)/t35-,36-,37-,38?,42?,43-,46+,48-,49-,50+,51+/m0/s1. The Balaban J connectivity index is 1.74. The number of carbonyl (C=O) groups is 6. The van der Waals surface area contributed by atoms with Gasteiger partial charge in [-0.3, -0.25) is 24.5 Å². The van der Waals surface area contributed by atoms with E-state index < -0.39 is 60.5 Å². The number of amides is 4. The van der Waals surface area contributed by atoms with Crippen molar-refractivity contribution in [3.8, 4) is 0 Å². The summed E-state index contributed by atoms with van der Waals surface area (Å²) in [6.07, 6.45) is -0.519. The minimum Gasteiger partial charge on any atom is -0.445 e. The van der Waals surface area contributed by atoms with Crippen LogP contribution in [0.15, 0.2) is 67.3 Å². The van der Waals surface area contributed by atoms with Gasteiger partial charge in [-0.25, -0.2) is 9.59 Å². The zero-order chi connectivity index (χ0) is 51.7. The zero-order valence-corrected chi connectivity index (χ0v) is 43.5. The van der Waals surface area contributed by atoms with Crippen LogP contribution in [0.3, 0.4) is 0 Å². The van der Waals surface area contributed by atoms with Gasteiger partial charge < -0.3 is 38.8 Å². The minimum absolute atomic E-state index is 0.0174. The number of aliphatic hydroxyl groups is 1. The maximum absolute atomic E-state index is 14.7. The van der Waals surface area contributed by atoms with Crippen LogP contribution in [0.4, 0.5) is 15.3 Å². The summed E-state index contributed by atoms with van der Waals surface area (Å²) in [5.41, 5.74) is 1.91. The molecule has 15 heteroatoms. The van der Waals surface area contributed by atoms with Crippen molar-refractivity contribution in [3.05, 3.63) is 78.4 Å². The van der Waals surface area contributed by atoms with Gasteiger partial charge in [-0.15, -0.1) is 0 Å². The summed E-state index contributed by atoms with van der Waals surface area (Å²) in [4.78, 5) is 87.4. The number of hydrogen-bond donors (Lipinski definition) is 2. The molecule has 1 fully saturated rings. The van der Waals surface area contributed by atoms with Gasteiger partial charge in [-0.05, 0) is 66.7 Å². The molecule has 4 amide bonds. The average Bonchev–Trinajstić information content (AvgIpc) is 3.81. The number of methoxy groups -OCH3 is 2. The molecule has 0 spiro atoms. The Morgan fingerprint density at radius 1 is 0.812 bits per heavy atom. The Morgan fingerprint density at radius 2 is 1.45 bits per heavy atom. The number of nitrogens with one attached hydrogen (secondary N) is 1. The number of nitrogens with zero attached hydrogens (tertiary/aromatic N) is 3. The fraction of sp³-hybridized carbons (Fsp3) is 0.630. The molecule has 69 heavy (non-hydrogen) atoms. The molecule has 0 bridgehead atoms. The number of benzene rings is 2. The van der Waals surface area contributed by atoms with Crippen molar-refractivity contribution in [2.24, 2.45) is 35.5 Å². The molecule has 15 nitrogen and oxygen atoms in total. The lowest BCUT2D eigenvalue weighted by atomic mass is 9.83. The van der Waals surface area contributed by atoms with Gasteiger partial charge in [-0.1, -0.05) is 117 Å². The van der Waals surface area contributed by atoms with Crippen LogP contribution in [-0.2, 0) is 38.1 Å². The Hall–Kier alpha value is -5.12. The number of aliphatic hydroxyl groups excluding tert-OH is 1. The van der Waals surface area contributed by atoms with E-state index in [0.717, 1.165) is 12.0 Å². The monoisotopic (exact) mass is 963 g/mol. The van der Waals surface area contributed by atoms with Gasteiger partial charge in [0, 0.05) is 65.2 Å². The summed E-state index contributed by atoms with van der Waals surface area (Å²) in [6.45, 7) is 21.0. The third kappa shape index (κ3) is 15.9. The largest absolute Gasteiger partial charge is 0.445 e. The number of rotatable bonds is 27. The van der Waals surface area contributed by atoms with E-state index in [1.54, 1.807) is 62.3 Å². The topological polar surface area (TPSA) is 181 Å². The smallest absolute Gasteiger partial charge is 0.411 e. The highest BCUT2D eigenvalue weighted by molar-refractivity contribution is 5.92. The van der Waals surface area contributed by atoms with Crippen LogP contribution in [0.1, 0.15) is 124 Å². The van der Waals surface area contributed by atoms with Crippen molar-refractivity contribution in [3.63, 3.8) is 0 Å². The Labute approximate surface area is 411 Å². The molecular formula is C54H82N4O11. The van der Waals surface area contributed by atoms with Crippen molar-refractivity contribution in [1.82, 2.24) is 14.7 Å². The fourth-order valence-corrected chi connectivity index (χ4v) is 9.72. The highest BCUT2D eigenvalue weighted by Crippen LogP contribution is 2.33. The van der Waals surface area contributed by atoms with E-state index in [0.29, 0.717) is 30.6 Å². The molecule has 0 saturated carbocycles. The third-order valence-corrected chi connectivity index (χ3v) is 14.0. The lowest BCUT2D eigenvalue weighted by Crippen LogP contribution is -2.54. The summed E-state index contributed by atoms with van der Waals surface area (Å²) < 4.78 is 22.9. The maximum atomic E-state index is 14.7. The number of likely N-dealkylation sites (tertiary alicyclic amines) is 1. The SMILES string of the molecule is C=CCOC(=O)Nc1ccc(C(C)OC(=O)N(C)[C@H](C(=O)CC(C(=O)N(C)[C@@H]([C@@H](C)CC)[C@@H](CC(=O)N2CCC[C@H]2[C@H](OC)[C@@H](C)C(=O)C[C@H](C)[C@@H](O)c2ccccc2)OC)C(C)C)C(C)C)cc1. The van der Waals surface area contributed by atoms with Crippen LogP contribution >= 0.6 is 0 Å². The van der Waals surface area contributed by atoms with Gasteiger partial charge in [0.05, 0.1) is 42.9 Å². The first-order chi connectivity index (χ1) is 32.6. The predicted molar refractivity (Wildman–Crippen MR) is 267 cm³/mol. The van der Waals surface area contributed by atoms with Crippen molar-refractivity contribution < 1.29 is 52.8 Å². The molecule has 1 aliphatic rings. The van der Waals surface area contributed by atoms with E-state index in [2.05, 4.69) is 11.9 Å². The number of ketones is 2. The number of Topliss-reactive ketones (excluding diaryl/α,β-unsaturated/α-hetero) is 2. The summed E-state index contributed by atoms with van der Waals surface area (Å²) in [7, 11) is 6.34. The molecule has 2 aromatic carbocycles. The Morgan fingerprint density at radius 3 is 2.00 bits per heavy atom. The van der Waals surface area contributed by atoms with E-state index in [1.165, 1.54) is 18.0 Å². The second-order valence-electron chi connectivity index (χ2n) is 19.6. The summed E-state index contributed by atoms with van der Waals surface area (Å²) in [6, 6.07) is 14.3. The molecular weight excluding hydrogens is 881 g/mol. The van der Waals surface area contributed by atoms with Crippen molar-refractivity contribution in [2.45, 2.75) is 143 Å². The van der Waals surface area contributed by atoms with Crippen LogP contribution in [0, 0.1) is 35.5 Å². The third-order valence-electron chi connectivity index (χ3n) is 14.0.